The maximum absolute atomic E-state index is 6.46. The topological polar surface area (TPSA) is 9.23 Å². The number of benzene rings is 4. The summed E-state index contributed by atoms with van der Waals surface area (Å²) in [7, 11) is 0. The second-order valence-corrected chi connectivity index (χ2v) is 7.05. The molecule has 0 aromatic heterocycles. The standard InChI is InChI=1S/C25H20O/c1-3-10-21(11-4-1)25(22-12-5-2-6-13-22)17-20-16-15-19-9-7-8-14-23(19)24(20)26-18-25/h1-16H,17-18H2. The van der Waals surface area contributed by atoms with Crippen molar-refractivity contribution in [3.63, 3.8) is 0 Å². The Morgan fingerprint density at radius 3 is 1.92 bits per heavy atom. The van der Waals surface area contributed by atoms with E-state index >= 15 is 0 Å². The lowest BCUT2D eigenvalue weighted by Crippen LogP contribution is -2.40. The molecule has 0 bridgehead atoms. The molecule has 0 unspecified atom stereocenters. The molecule has 0 N–H and O–H groups in total. The summed E-state index contributed by atoms with van der Waals surface area (Å²) in [5.41, 5.74) is 3.75. The smallest absolute Gasteiger partial charge is 0.130 e. The molecule has 0 fully saturated rings. The molecule has 1 nitrogen and oxygen atoms in total. The molecule has 1 aliphatic heterocycles. The quantitative estimate of drug-likeness (QED) is 0.452. The lowest BCUT2D eigenvalue weighted by molar-refractivity contribution is 0.217. The average molecular weight is 336 g/mol. The Morgan fingerprint density at radius 1 is 0.615 bits per heavy atom. The van der Waals surface area contributed by atoms with E-state index in [1.807, 2.05) is 0 Å². The molecule has 4 aromatic rings. The summed E-state index contributed by atoms with van der Waals surface area (Å²) in [5, 5.41) is 2.44. The van der Waals surface area contributed by atoms with Crippen LogP contribution in [0.3, 0.4) is 0 Å². The predicted molar refractivity (Wildman–Crippen MR) is 107 cm³/mol. The van der Waals surface area contributed by atoms with Crippen LogP contribution in [0.15, 0.2) is 97.1 Å². The molecule has 1 aliphatic rings. The summed E-state index contributed by atoms with van der Waals surface area (Å²) >= 11 is 0. The van der Waals surface area contributed by atoms with Crippen LogP contribution < -0.4 is 4.74 Å². The van der Waals surface area contributed by atoms with Crippen molar-refractivity contribution in [3.05, 3.63) is 114 Å². The third-order valence-corrected chi connectivity index (χ3v) is 5.57. The fraction of sp³-hybridized carbons (Fsp3) is 0.120. The van der Waals surface area contributed by atoms with Crippen LogP contribution in [0.4, 0.5) is 0 Å². The first-order chi connectivity index (χ1) is 12.9. The van der Waals surface area contributed by atoms with E-state index in [1.54, 1.807) is 0 Å². The minimum absolute atomic E-state index is 0.155. The zero-order valence-corrected chi connectivity index (χ0v) is 14.6. The van der Waals surface area contributed by atoms with Crippen molar-refractivity contribution < 1.29 is 4.74 Å². The molecule has 0 spiro atoms. The van der Waals surface area contributed by atoms with Crippen molar-refractivity contribution in [1.29, 1.82) is 0 Å². The molecule has 126 valence electrons. The highest BCUT2D eigenvalue weighted by molar-refractivity contribution is 5.90. The van der Waals surface area contributed by atoms with E-state index in [0.29, 0.717) is 6.61 Å². The third-order valence-electron chi connectivity index (χ3n) is 5.57. The van der Waals surface area contributed by atoms with Crippen LogP contribution in [-0.4, -0.2) is 6.61 Å². The maximum atomic E-state index is 6.46. The Labute approximate surface area is 153 Å². The number of hydrogen-bond donors (Lipinski definition) is 0. The minimum atomic E-state index is -0.155. The molecule has 0 saturated carbocycles. The molecule has 1 heteroatoms. The van der Waals surface area contributed by atoms with Gasteiger partial charge in [-0.05, 0) is 28.5 Å². The molecule has 0 radical (unpaired) electrons. The van der Waals surface area contributed by atoms with Gasteiger partial charge in [0, 0.05) is 5.39 Å². The lowest BCUT2D eigenvalue weighted by atomic mass is 9.69. The first-order valence-corrected chi connectivity index (χ1v) is 9.11. The van der Waals surface area contributed by atoms with Gasteiger partial charge in [0.1, 0.15) is 12.4 Å². The van der Waals surface area contributed by atoms with E-state index in [9.17, 15) is 0 Å². The van der Waals surface area contributed by atoms with Crippen molar-refractivity contribution in [2.45, 2.75) is 11.8 Å². The van der Waals surface area contributed by atoms with Gasteiger partial charge in [-0.1, -0.05) is 97.1 Å². The zero-order chi connectivity index (χ0) is 17.4. The molecule has 5 rings (SSSR count). The van der Waals surface area contributed by atoms with E-state index in [0.717, 1.165) is 12.2 Å². The second kappa shape index (κ2) is 6.03. The Kier molecular flexibility index (Phi) is 3.53. The molecule has 0 aliphatic carbocycles. The minimum Gasteiger partial charge on any atom is -0.491 e. The summed E-state index contributed by atoms with van der Waals surface area (Å²) in [6, 6.07) is 34.5. The molecular weight excluding hydrogens is 316 g/mol. The molecule has 0 saturated heterocycles. The molecule has 26 heavy (non-hydrogen) atoms. The van der Waals surface area contributed by atoms with E-state index < -0.39 is 0 Å². The van der Waals surface area contributed by atoms with Gasteiger partial charge in [0.15, 0.2) is 0 Å². The Bertz CT molecular complexity index is 1010. The Hall–Kier alpha value is -3.06. The van der Waals surface area contributed by atoms with Gasteiger partial charge in [-0.25, -0.2) is 0 Å². The Balaban J connectivity index is 1.70. The van der Waals surface area contributed by atoms with Crippen LogP contribution in [0.2, 0.25) is 0 Å². The second-order valence-electron chi connectivity index (χ2n) is 7.05. The molecular formula is C25H20O. The van der Waals surface area contributed by atoms with Crippen LogP contribution in [0.1, 0.15) is 16.7 Å². The van der Waals surface area contributed by atoms with Crippen molar-refractivity contribution in [2.75, 3.05) is 6.61 Å². The fourth-order valence-corrected chi connectivity index (χ4v) is 4.22. The van der Waals surface area contributed by atoms with Gasteiger partial charge in [0.25, 0.3) is 0 Å². The first kappa shape index (κ1) is 15.2. The van der Waals surface area contributed by atoms with E-state index in [2.05, 4.69) is 97.1 Å². The van der Waals surface area contributed by atoms with Gasteiger partial charge in [-0.2, -0.15) is 0 Å². The van der Waals surface area contributed by atoms with Gasteiger partial charge in [-0.15, -0.1) is 0 Å². The van der Waals surface area contributed by atoms with Gasteiger partial charge in [-0.3, -0.25) is 0 Å². The van der Waals surface area contributed by atoms with Crippen molar-refractivity contribution in [3.8, 4) is 5.75 Å². The molecule has 1 heterocycles. The van der Waals surface area contributed by atoms with Gasteiger partial charge < -0.3 is 4.74 Å². The molecule has 4 aromatic carbocycles. The van der Waals surface area contributed by atoms with Gasteiger partial charge in [0.2, 0.25) is 0 Å². The largest absolute Gasteiger partial charge is 0.491 e. The highest BCUT2D eigenvalue weighted by Crippen LogP contribution is 2.44. The fourth-order valence-electron chi connectivity index (χ4n) is 4.22. The monoisotopic (exact) mass is 336 g/mol. The van der Waals surface area contributed by atoms with E-state index in [-0.39, 0.29) is 5.41 Å². The summed E-state index contributed by atoms with van der Waals surface area (Å²) in [6.07, 6.45) is 0.946. The number of rotatable bonds is 2. The maximum Gasteiger partial charge on any atom is 0.130 e. The van der Waals surface area contributed by atoms with Crippen LogP contribution in [0, 0.1) is 0 Å². The summed E-state index contributed by atoms with van der Waals surface area (Å²) in [6.45, 7) is 0.655. The molecule has 0 atom stereocenters. The van der Waals surface area contributed by atoms with Crippen LogP contribution in [0.5, 0.6) is 5.75 Å². The number of ether oxygens (including phenoxy) is 1. The molecule has 0 amide bonds. The highest BCUT2D eigenvalue weighted by Gasteiger charge is 2.39. The first-order valence-electron chi connectivity index (χ1n) is 9.11. The van der Waals surface area contributed by atoms with Crippen LogP contribution >= 0.6 is 0 Å². The van der Waals surface area contributed by atoms with Crippen LogP contribution in [0.25, 0.3) is 10.8 Å². The van der Waals surface area contributed by atoms with E-state index in [1.165, 1.54) is 27.5 Å². The SMILES string of the molecule is c1ccc(C2(c3ccccc3)COc3c(ccc4ccccc34)C2)cc1. The van der Waals surface area contributed by atoms with Gasteiger partial charge in [0.05, 0.1) is 5.41 Å². The summed E-state index contributed by atoms with van der Waals surface area (Å²) < 4.78 is 6.46. The van der Waals surface area contributed by atoms with Gasteiger partial charge >= 0.3 is 0 Å². The third kappa shape index (κ3) is 2.32. The predicted octanol–water partition coefficient (Wildman–Crippen LogP) is 5.76. The van der Waals surface area contributed by atoms with Crippen LogP contribution in [-0.2, 0) is 11.8 Å². The lowest BCUT2D eigenvalue weighted by Gasteiger charge is -2.39. The number of fused-ring (bicyclic) bond motifs is 3. The summed E-state index contributed by atoms with van der Waals surface area (Å²) in [4.78, 5) is 0. The summed E-state index contributed by atoms with van der Waals surface area (Å²) in [5.74, 6) is 1.05. The normalized spacial score (nSPS) is 15.2. The number of hydrogen-bond acceptors (Lipinski definition) is 1. The van der Waals surface area contributed by atoms with Crippen molar-refractivity contribution >= 4 is 10.8 Å². The Morgan fingerprint density at radius 2 is 1.23 bits per heavy atom. The highest BCUT2D eigenvalue weighted by atomic mass is 16.5. The average Bonchev–Trinajstić information content (AvgIpc) is 2.74. The van der Waals surface area contributed by atoms with Crippen molar-refractivity contribution in [2.24, 2.45) is 0 Å². The van der Waals surface area contributed by atoms with Crippen molar-refractivity contribution in [1.82, 2.24) is 0 Å². The van der Waals surface area contributed by atoms with E-state index in [4.69, 9.17) is 4.74 Å². The zero-order valence-electron chi connectivity index (χ0n) is 14.6.